The Labute approximate surface area is 220 Å². The van der Waals surface area contributed by atoms with Crippen molar-refractivity contribution in [3.63, 3.8) is 0 Å². The molecule has 2 atom stereocenters. The molecular weight excluding hydrogens is 481 g/mol. The maximum atomic E-state index is 13.7. The first-order chi connectivity index (χ1) is 18.3. The standard InChI is InChI=1S/C30H30FN5O2/c1-30(2)13-12-23-24(27(30)37)22(25-26(35-36-28(25)34-23)29(38)33-15-17-6-7-17)11-10-21-9-8-19(16-32-21)18-4-3-5-20(31)14-18/h3-5,8-11,14,16-17,22,24H,6-7,12-13,15H2,1-2H3,(H,33,38)(H,35,36)/b11-10+. The van der Waals surface area contributed by atoms with Gasteiger partial charge in [0, 0.05) is 40.9 Å². The zero-order valence-electron chi connectivity index (χ0n) is 21.5. The van der Waals surface area contributed by atoms with Gasteiger partial charge in [-0.3, -0.25) is 19.7 Å². The number of aromatic nitrogens is 3. The minimum atomic E-state index is -0.476. The van der Waals surface area contributed by atoms with E-state index in [9.17, 15) is 14.0 Å². The fourth-order valence-corrected chi connectivity index (χ4v) is 5.40. The number of benzene rings is 1. The molecule has 0 radical (unpaired) electrons. The highest BCUT2D eigenvalue weighted by molar-refractivity contribution is 6.13. The number of carbonyl (C=O) groups is 2. The van der Waals surface area contributed by atoms with Crippen molar-refractivity contribution in [1.82, 2.24) is 20.5 Å². The van der Waals surface area contributed by atoms with E-state index >= 15 is 0 Å². The Kier molecular flexibility index (Phi) is 6.05. The molecular formula is C30H30FN5O2. The summed E-state index contributed by atoms with van der Waals surface area (Å²) in [5.41, 5.74) is 3.63. The molecule has 2 N–H and O–H groups in total. The molecule has 3 aromatic rings. The summed E-state index contributed by atoms with van der Waals surface area (Å²) in [5.74, 6) is -0.222. The Morgan fingerprint density at radius 1 is 1.21 bits per heavy atom. The van der Waals surface area contributed by atoms with E-state index < -0.39 is 17.3 Å². The number of ketones is 1. The average molecular weight is 512 g/mol. The number of nitrogens with one attached hydrogen (secondary N) is 2. The van der Waals surface area contributed by atoms with Crippen molar-refractivity contribution in [2.75, 3.05) is 6.54 Å². The van der Waals surface area contributed by atoms with Crippen LogP contribution in [-0.4, -0.2) is 39.1 Å². The Hall–Kier alpha value is -3.94. The predicted molar refractivity (Wildman–Crippen MR) is 144 cm³/mol. The Morgan fingerprint density at radius 2 is 2.05 bits per heavy atom. The summed E-state index contributed by atoms with van der Waals surface area (Å²) in [5, 5.41) is 10.3. The number of allylic oxidation sites excluding steroid dienone is 1. The lowest BCUT2D eigenvalue weighted by Gasteiger charge is -2.39. The van der Waals surface area contributed by atoms with Crippen molar-refractivity contribution in [2.45, 2.75) is 45.4 Å². The normalized spacial score (nSPS) is 22.1. The van der Waals surface area contributed by atoms with Crippen LogP contribution in [0.25, 0.3) is 17.2 Å². The Bertz CT molecular complexity index is 1470. The molecule has 0 spiro atoms. The number of amides is 1. The molecule has 3 aliphatic rings. The molecule has 38 heavy (non-hydrogen) atoms. The van der Waals surface area contributed by atoms with Crippen molar-refractivity contribution >= 4 is 29.3 Å². The van der Waals surface area contributed by atoms with Crippen LogP contribution in [0.5, 0.6) is 0 Å². The molecule has 0 bridgehead atoms. The largest absolute Gasteiger partial charge is 0.350 e. The van der Waals surface area contributed by atoms with Gasteiger partial charge in [0.2, 0.25) is 0 Å². The van der Waals surface area contributed by atoms with Gasteiger partial charge in [-0.1, -0.05) is 38.1 Å². The van der Waals surface area contributed by atoms with E-state index in [4.69, 9.17) is 4.99 Å². The van der Waals surface area contributed by atoms with Crippen molar-refractivity contribution in [3.05, 3.63) is 71.4 Å². The average Bonchev–Trinajstić information content (AvgIpc) is 3.65. The first-order valence-corrected chi connectivity index (χ1v) is 13.2. The third-order valence-corrected chi connectivity index (χ3v) is 7.93. The molecule has 7 nitrogen and oxygen atoms in total. The number of carbonyl (C=O) groups excluding carboxylic acids is 2. The summed E-state index contributed by atoms with van der Waals surface area (Å²) in [6.45, 7) is 4.60. The number of hydrogen-bond acceptors (Lipinski definition) is 5. The van der Waals surface area contributed by atoms with Crippen molar-refractivity contribution in [1.29, 1.82) is 0 Å². The smallest absolute Gasteiger partial charge is 0.269 e. The molecule has 194 valence electrons. The third-order valence-electron chi connectivity index (χ3n) is 7.93. The second-order valence-electron chi connectivity index (χ2n) is 11.2. The third kappa shape index (κ3) is 4.59. The van der Waals surface area contributed by atoms with Gasteiger partial charge in [0.1, 0.15) is 17.3 Å². The van der Waals surface area contributed by atoms with Gasteiger partial charge in [0.05, 0.1) is 11.6 Å². The van der Waals surface area contributed by atoms with Gasteiger partial charge in [-0.05, 0) is 61.4 Å². The van der Waals surface area contributed by atoms with Crippen LogP contribution in [0.2, 0.25) is 0 Å². The number of nitrogens with zero attached hydrogens (tertiary/aromatic N) is 3. The highest BCUT2D eigenvalue weighted by Crippen LogP contribution is 2.47. The van der Waals surface area contributed by atoms with E-state index in [0.717, 1.165) is 36.1 Å². The molecule has 2 saturated carbocycles. The van der Waals surface area contributed by atoms with Crippen LogP contribution in [0.4, 0.5) is 10.2 Å². The van der Waals surface area contributed by atoms with Crippen LogP contribution in [0.15, 0.2) is 53.7 Å². The monoisotopic (exact) mass is 511 g/mol. The van der Waals surface area contributed by atoms with Crippen LogP contribution in [0, 0.1) is 23.1 Å². The van der Waals surface area contributed by atoms with Gasteiger partial charge < -0.3 is 5.32 Å². The highest BCUT2D eigenvalue weighted by atomic mass is 19.1. The lowest BCUT2D eigenvalue weighted by atomic mass is 9.64. The molecule has 1 amide bonds. The van der Waals surface area contributed by atoms with Gasteiger partial charge in [-0.25, -0.2) is 9.38 Å². The van der Waals surface area contributed by atoms with Gasteiger partial charge in [0.25, 0.3) is 5.91 Å². The van der Waals surface area contributed by atoms with Crippen LogP contribution in [0.3, 0.4) is 0 Å². The number of halogens is 1. The number of aliphatic imine (C=N–C) groups is 1. The highest BCUT2D eigenvalue weighted by Gasteiger charge is 2.48. The van der Waals surface area contributed by atoms with Crippen LogP contribution in [0.1, 0.15) is 67.2 Å². The molecule has 1 aromatic carbocycles. The Morgan fingerprint density at radius 3 is 2.79 bits per heavy atom. The molecule has 1 aliphatic heterocycles. The lowest BCUT2D eigenvalue weighted by Crippen LogP contribution is -2.44. The predicted octanol–water partition coefficient (Wildman–Crippen LogP) is 5.64. The zero-order valence-corrected chi connectivity index (χ0v) is 21.5. The van der Waals surface area contributed by atoms with Crippen molar-refractivity contribution in [3.8, 4) is 11.1 Å². The minimum Gasteiger partial charge on any atom is -0.350 e. The summed E-state index contributed by atoms with van der Waals surface area (Å²) in [6.07, 6.45) is 9.25. The van der Waals surface area contributed by atoms with E-state index in [0.29, 0.717) is 41.7 Å². The summed E-state index contributed by atoms with van der Waals surface area (Å²) >= 11 is 0. The zero-order chi connectivity index (χ0) is 26.4. The van der Waals surface area contributed by atoms with Gasteiger partial charge >= 0.3 is 0 Å². The maximum absolute atomic E-state index is 13.7. The topological polar surface area (TPSA) is 100 Å². The number of aromatic amines is 1. The summed E-state index contributed by atoms with van der Waals surface area (Å²) in [6, 6.07) is 10.1. The Balaban J connectivity index is 1.34. The molecule has 2 unspecified atom stereocenters. The lowest BCUT2D eigenvalue weighted by molar-refractivity contribution is -0.130. The molecule has 8 heteroatoms. The number of pyridine rings is 1. The molecule has 3 heterocycles. The molecule has 2 fully saturated rings. The van der Waals surface area contributed by atoms with Gasteiger partial charge in [0.15, 0.2) is 5.82 Å². The minimum absolute atomic E-state index is 0.128. The van der Waals surface area contributed by atoms with E-state index in [2.05, 4.69) is 20.5 Å². The molecule has 2 aromatic heterocycles. The van der Waals surface area contributed by atoms with Crippen LogP contribution < -0.4 is 5.32 Å². The quantitative estimate of drug-likeness (QED) is 0.447. The maximum Gasteiger partial charge on any atom is 0.269 e. The summed E-state index contributed by atoms with van der Waals surface area (Å²) in [7, 11) is 0. The van der Waals surface area contributed by atoms with E-state index in [1.54, 1.807) is 12.3 Å². The first kappa shape index (κ1) is 24.4. The van der Waals surface area contributed by atoms with E-state index in [-0.39, 0.29) is 17.5 Å². The summed E-state index contributed by atoms with van der Waals surface area (Å²) in [4.78, 5) is 36.1. The first-order valence-electron chi connectivity index (χ1n) is 13.2. The number of hydrogen-bond donors (Lipinski definition) is 2. The summed E-state index contributed by atoms with van der Waals surface area (Å²) < 4.78 is 13.7. The van der Waals surface area contributed by atoms with Crippen molar-refractivity contribution in [2.24, 2.45) is 22.2 Å². The number of Topliss-reactive ketones (excluding diaryl/α,β-unsaturated/α-hetero) is 1. The second kappa shape index (κ2) is 9.42. The van der Waals surface area contributed by atoms with Gasteiger partial charge in [-0.15, -0.1) is 0 Å². The number of rotatable bonds is 6. The van der Waals surface area contributed by atoms with Crippen molar-refractivity contribution < 1.29 is 14.0 Å². The molecule has 6 rings (SSSR count). The molecule has 2 aliphatic carbocycles. The van der Waals surface area contributed by atoms with Crippen LogP contribution >= 0.6 is 0 Å². The molecule has 0 saturated heterocycles. The fraction of sp³-hybridized carbons (Fsp3) is 0.367. The number of fused-ring (bicyclic) bond motifs is 2. The SMILES string of the molecule is CC1(C)CCC2=Nc3n[nH]c(C(=O)NCC4CC4)c3C(/C=C/c3ccc(-c4cccc(F)c4)cn3)C2C1=O. The second-order valence-corrected chi connectivity index (χ2v) is 11.2. The van der Waals surface area contributed by atoms with Gasteiger partial charge in [-0.2, -0.15) is 5.10 Å². The van der Waals surface area contributed by atoms with E-state index in [1.807, 2.05) is 44.2 Å². The fourth-order valence-electron chi connectivity index (χ4n) is 5.40. The van der Waals surface area contributed by atoms with E-state index in [1.165, 1.54) is 12.1 Å². The van der Waals surface area contributed by atoms with Crippen LogP contribution in [-0.2, 0) is 4.79 Å². The number of H-pyrrole nitrogens is 1.